The molecule has 0 aliphatic carbocycles. The maximum absolute atomic E-state index is 13.0. The topological polar surface area (TPSA) is 70.1 Å². The average molecular weight is 483 g/mol. The summed E-state index contributed by atoms with van der Waals surface area (Å²) in [5, 5.41) is 12.3. The van der Waals surface area contributed by atoms with E-state index in [4.69, 9.17) is 17.2 Å². The van der Waals surface area contributed by atoms with E-state index in [9.17, 15) is 4.79 Å². The maximum Gasteiger partial charge on any atom is 0.242 e. The van der Waals surface area contributed by atoms with Crippen molar-refractivity contribution in [2.75, 3.05) is 26.2 Å². The predicted molar refractivity (Wildman–Crippen MR) is 130 cm³/mol. The summed E-state index contributed by atoms with van der Waals surface area (Å²) in [6.07, 6.45) is 0. The van der Waals surface area contributed by atoms with E-state index in [2.05, 4.69) is 32.6 Å². The van der Waals surface area contributed by atoms with E-state index in [1.165, 1.54) is 0 Å². The number of aromatic amines is 1. The van der Waals surface area contributed by atoms with Crippen LogP contribution in [-0.2, 0) is 17.9 Å². The van der Waals surface area contributed by atoms with Crippen molar-refractivity contribution in [3.63, 3.8) is 0 Å². The molecular formula is C22H22N6OS3. The Morgan fingerprint density at radius 1 is 1.06 bits per heavy atom. The molecule has 164 valence electrons. The molecule has 1 aliphatic rings. The highest BCUT2D eigenvalue weighted by Gasteiger charge is 2.23. The standard InChI is InChI=1S/C22H22N6OS3/c29-19(14-28-20(24-25-22(28)30)18-7-4-12-31-18)27-10-8-26(9-11-27)13-17-15-32-21(23-17)16-5-2-1-3-6-16/h1-7,12,15H,8-11,13-14H2,(H,25,30). The molecule has 1 aromatic carbocycles. The van der Waals surface area contributed by atoms with Gasteiger partial charge in [0.1, 0.15) is 11.6 Å². The number of H-pyrrole nitrogens is 1. The number of rotatable bonds is 6. The number of carbonyl (C=O) groups excluding carboxylic acids is 1. The third-order valence-electron chi connectivity index (χ3n) is 5.48. The minimum Gasteiger partial charge on any atom is -0.339 e. The molecule has 0 unspecified atom stereocenters. The average Bonchev–Trinajstić information content (AvgIpc) is 3.58. The van der Waals surface area contributed by atoms with Crippen molar-refractivity contribution in [3.05, 3.63) is 63.7 Å². The zero-order valence-corrected chi connectivity index (χ0v) is 19.8. The number of thiophene rings is 1. The van der Waals surface area contributed by atoms with E-state index in [0.29, 0.717) is 17.9 Å². The minimum absolute atomic E-state index is 0.0694. The van der Waals surface area contributed by atoms with Crippen LogP contribution in [0.5, 0.6) is 0 Å². The molecule has 0 bridgehead atoms. The number of aromatic nitrogens is 4. The van der Waals surface area contributed by atoms with Crippen LogP contribution in [0.25, 0.3) is 21.3 Å². The van der Waals surface area contributed by atoms with Crippen LogP contribution >= 0.6 is 34.9 Å². The van der Waals surface area contributed by atoms with Gasteiger partial charge in [-0.15, -0.1) is 22.7 Å². The SMILES string of the molecule is O=C(Cn1c(-c2cccs2)n[nH]c1=S)N1CCN(Cc2csc(-c3ccccc3)n2)CC1. The summed E-state index contributed by atoms with van der Waals surface area (Å²) in [6.45, 7) is 4.08. The van der Waals surface area contributed by atoms with E-state index in [1.54, 1.807) is 27.2 Å². The van der Waals surface area contributed by atoms with Gasteiger partial charge in [-0.2, -0.15) is 5.10 Å². The van der Waals surface area contributed by atoms with Crippen LogP contribution in [0.2, 0.25) is 0 Å². The van der Waals surface area contributed by atoms with Crippen molar-refractivity contribution in [1.82, 2.24) is 29.5 Å². The normalized spacial score (nSPS) is 14.7. The molecule has 7 nitrogen and oxygen atoms in total. The molecule has 0 saturated carbocycles. The molecule has 1 aliphatic heterocycles. The molecule has 3 aromatic heterocycles. The first-order valence-corrected chi connectivity index (χ1v) is 12.5. The number of carbonyl (C=O) groups is 1. The Balaban J connectivity index is 1.17. The van der Waals surface area contributed by atoms with Gasteiger partial charge in [-0.05, 0) is 23.7 Å². The van der Waals surface area contributed by atoms with Crippen LogP contribution in [0.4, 0.5) is 0 Å². The van der Waals surface area contributed by atoms with Gasteiger partial charge in [0.15, 0.2) is 10.6 Å². The van der Waals surface area contributed by atoms with Crippen LogP contribution in [0.3, 0.4) is 0 Å². The highest BCUT2D eigenvalue weighted by Crippen LogP contribution is 2.25. The Labute approximate surface area is 199 Å². The van der Waals surface area contributed by atoms with Gasteiger partial charge in [0.2, 0.25) is 5.91 Å². The number of hydrogen-bond donors (Lipinski definition) is 1. The lowest BCUT2D eigenvalue weighted by Crippen LogP contribution is -2.49. The molecule has 4 heterocycles. The number of benzene rings is 1. The summed E-state index contributed by atoms with van der Waals surface area (Å²) in [5.41, 5.74) is 2.23. The number of amides is 1. The van der Waals surface area contributed by atoms with Crippen LogP contribution in [0.1, 0.15) is 5.69 Å². The van der Waals surface area contributed by atoms with E-state index >= 15 is 0 Å². The van der Waals surface area contributed by atoms with Crippen molar-refractivity contribution < 1.29 is 4.79 Å². The van der Waals surface area contributed by atoms with Gasteiger partial charge in [-0.25, -0.2) is 4.98 Å². The molecule has 5 rings (SSSR count). The fraction of sp³-hybridized carbons (Fsp3) is 0.273. The highest BCUT2D eigenvalue weighted by molar-refractivity contribution is 7.71. The quantitative estimate of drug-likeness (QED) is 0.419. The van der Waals surface area contributed by atoms with Crippen molar-refractivity contribution in [3.8, 4) is 21.3 Å². The van der Waals surface area contributed by atoms with E-state index in [1.807, 2.05) is 40.6 Å². The number of hydrogen-bond acceptors (Lipinski definition) is 7. The highest BCUT2D eigenvalue weighted by atomic mass is 32.1. The fourth-order valence-corrected chi connectivity index (χ4v) is 5.51. The molecule has 0 atom stereocenters. The lowest BCUT2D eigenvalue weighted by Gasteiger charge is -2.34. The van der Waals surface area contributed by atoms with Crippen LogP contribution in [0.15, 0.2) is 53.2 Å². The second kappa shape index (κ2) is 9.45. The number of nitrogens with zero attached hydrogens (tertiary/aromatic N) is 5. The summed E-state index contributed by atoms with van der Waals surface area (Å²) in [5.74, 6) is 0.787. The molecule has 1 N–H and O–H groups in total. The zero-order chi connectivity index (χ0) is 21.9. The summed E-state index contributed by atoms with van der Waals surface area (Å²) in [7, 11) is 0. The lowest BCUT2D eigenvalue weighted by atomic mass is 10.2. The Kier molecular flexibility index (Phi) is 6.26. The van der Waals surface area contributed by atoms with Crippen LogP contribution in [-0.4, -0.2) is 61.6 Å². The first kappa shape index (κ1) is 21.2. The van der Waals surface area contributed by atoms with Crippen molar-refractivity contribution in [2.24, 2.45) is 0 Å². The van der Waals surface area contributed by atoms with E-state index in [-0.39, 0.29) is 12.5 Å². The monoisotopic (exact) mass is 482 g/mol. The first-order chi connectivity index (χ1) is 15.7. The number of nitrogens with one attached hydrogen (secondary N) is 1. The summed E-state index contributed by atoms with van der Waals surface area (Å²) in [4.78, 5) is 23.0. The third-order valence-corrected chi connectivity index (χ3v) is 7.59. The second-order valence-corrected chi connectivity index (χ2v) is 9.78. The largest absolute Gasteiger partial charge is 0.339 e. The van der Waals surface area contributed by atoms with Gasteiger partial charge in [0, 0.05) is 43.7 Å². The molecule has 0 spiro atoms. The lowest BCUT2D eigenvalue weighted by molar-refractivity contribution is -0.133. The second-order valence-electron chi connectivity index (χ2n) is 7.58. The maximum atomic E-state index is 13.0. The van der Waals surface area contributed by atoms with Gasteiger partial charge < -0.3 is 4.90 Å². The molecule has 10 heteroatoms. The molecule has 1 saturated heterocycles. The van der Waals surface area contributed by atoms with Gasteiger partial charge in [-0.1, -0.05) is 36.4 Å². The Morgan fingerprint density at radius 2 is 1.88 bits per heavy atom. The Hall–Kier alpha value is -2.66. The van der Waals surface area contributed by atoms with Gasteiger partial charge >= 0.3 is 0 Å². The van der Waals surface area contributed by atoms with Crippen LogP contribution < -0.4 is 0 Å². The summed E-state index contributed by atoms with van der Waals surface area (Å²) < 4.78 is 2.26. The molecule has 1 fully saturated rings. The van der Waals surface area contributed by atoms with Gasteiger partial charge in [0.25, 0.3) is 0 Å². The first-order valence-electron chi connectivity index (χ1n) is 10.4. The van der Waals surface area contributed by atoms with Gasteiger partial charge in [-0.3, -0.25) is 19.4 Å². The van der Waals surface area contributed by atoms with Gasteiger partial charge in [0.05, 0.1) is 10.6 Å². The predicted octanol–water partition coefficient (Wildman–Crippen LogP) is 4.14. The minimum atomic E-state index is 0.0694. The Morgan fingerprint density at radius 3 is 2.62 bits per heavy atom. The van der Waals surface area contributed by atoms with Crippen molar-refractivity contribution in [1.29, 1.82) is 0 Å². The molecule has 4 aromatic rings. The van der Waals surface area contributed by atoms with E-state index < -0.39 is 0 Å². The molecular weight excluding hydrogens is 460 g/mol. The molecule has 1 amide bonds. The van der Waals surface area contributed by atoms with Crippen LogP contribution in [0, 0.1) is 4.77 Å². The zero-order valence-electron chi connectivity index (χ0n) is 17.3. The fourth-order valence-electron chi connectivity index (χ4n) is 3.77. The molecule has 32 heavy (non-hydrogen) atoms. The van der Waals surface area contributed by atoms with E-state index in [0.717, 1.165) is 46.6 Å². The number of thiazole rings is 1. The smallest absolute Gasteiger partial charge is 0.242 e. The van der Waals surface area contributed by atoms with Crippen molar-refractivity contribution >= 4 is 40.8 Å². The summed E-state index contributed by atoms with van der Waals surface area (Å²) >= 11 is 8.62. The Bertz CT molecular complexity index is 1240. The number of piperazine rings is 1. The third kappa shape index (κ3) is 4.58. The van der Waals surface area contributed by atoms with Crippen molar-refractivity contribution in [2.45, 2.75) is 13.1 Å². The summed E-state index contributed by atoms with van der Waals surface area (Å²) in [6, 6.07) is 14.2. The molecule has 0 radical (unpaired) electrons.